The molecule has 0 radical (unpaired) electrons. The number of nitrogens with zero attached hydrogens (tertiary/aromatic N) is 2. The van der Waals surface area contributed by atoms with Crippen LogP contribution >= 0.6 is 0 Å². The van der Waals surface area contributed by atoms with Gasteiger partial charge >= 0.3 is 0 Å². The number of fused-ring (bicyclic) bond motifs is 1. The second-order valence-corrected chi connectivity index (χ2v) is 10.2. The van der Waals surface area contributed by atoms with E-state index in [-0.39, 0.29) is 5.82 Å². The molecule has 1 N–H and O–H groups in total. The fourth-order valence-electron chi connectivity index (χ4n) is 4.22. The molecular formula is C23H28FN3O2S. The molecule has 0 bridgehead atoms. The zero-order chi connectivity index (χ0) is 21.1. The Morgan fingerprint density at radius 3 is 2.60 bits per heavy atom. The van der Waals surface area contributed by atoms with Crippen LogP contribution in [0.2, 0.25) is 0 Å². The molecule has 7 heteroatoms. The Kier molecular flexibility index (Phi) is 6.22. The third-order valence-corrected chi connectivity index (χ3v) is 8.00. The molecule has 3 aromatic rings. The molecule has 1 saturated heterocycles. The Labute approximate surface area is 177 Å². The number of benzene rings is 2. The van der Waals surface area contributed by atoms with Crippen LogP contribution in [-0.2, 0) is 16.4 Å². The Bertz CT molecular complexity index is 1090. The van der Waals surface area contributed by atoms with E-state index in [0.29, 0.717) is 17.4 Å². The lowest BCUT2D eigenvalue weighted by atomic mass is 9.90. The normalized spacial score (nSPS) is 16.5. The maximum absolute atomic E-state index is 13.6. The van der Waals surface area contributed by atoms with E-state index in [1.807, 2.05) is 12.3 Å². The molecular weight excluding hydrogens is 401 g/mol. The summed E-state index contributed by atoms with van der Waals surface area (Å²) in [6.45, 7) is 3.12. The van der Waals surface area contributed by atoms with Crippen LogP contribution in [0.4, 0.5) is 4.39 Å². The van der Waals surface area contributed by atoms with Crippen LogP contribution < -0.4 is 0 Å². The van der Waals surface area contributed by atoms with Gasteiger partial charge in [-0.25, -0.2) is 12.8 Å². The fraction of sp³-hybridized carbons (Fsp3) is 0.391. The number of rotatable bonds is 7. The minimum atomic E-state index is -3.44. The maximum Gasteiger partial charge on any atom is 0.242 e. The van der Waals surface area contributed by atoms with E-state index in [1.54, 1.807) is 43.4 Å². The van der Waals surface area contributed by atoms with Crippen molar-refractivity contribution in [3.05, 3.63) is 66.1 Å². The molecule has 1 aliphatic rings. The predicted molar refractivity (Wildman–Crippen MR) is 117 cm³/mol. The van der Waals surface area contributed by atoms with E-state index in [1.165, 1.54) is 15.9 Å². The number of aromatic amines is 1. The van der Waals surface area contributed by atoms with Crippen molar-refractivity contribution in [2.45, 2.75) is 24.2 Å². The van der Waals surface area contributed by atoms with Crippen LogP contribution in [0.3, 0.4) is 0 Å². The summed E-state index contributed by atoms with van der Waals surface area (Å²) in [6, 6.07) is 13.4. The molecule has 0 unspecified atom stereocenters. The van der Waals surface area contributed by atoms with Gasteiger partial charge in [0.1, 0.15) is 5.82 Å². The van der Waals surface area contributed by atoms with Gasteiger partial charge in [-0.3, -0.25) is 0 Å². The molecule has 160 valence electrons. The third-order valence-electron chi connectivity index (χ3n) is 6.13. The van der Waals surface area contributed by atoms with Crippen molar-refractivity contribution in [3.63, 3.8) is 0 Å². The van der Waals surface area contributed by atoms with Crippen molar-refractivity contribution < 1.29 is 12.8 Å². The van der Waals surface area contributed by atoms with E-state index >= 15 is 0 Å². The van der Waals surface area contributed by atoms with Crippen molar-refractivity contribution >= 4 is 20.9 Å². The lowest BCUT2D eigenvalue weighted by Crippen LogP contribution is -2.40. The zero-order valence-corrected chi connectivity index (χ0v) is 18.0. The molecule has 0 amide bonds. The third kappa shape index (κ3) is 4.58. The Hall–Kier alpha value is -2.22. The number of hydrogen-bond acceptors (Lipinski definition) is 3. The summed E-state index contributed by atoms with van der Waals surface area (Å²) in [5, 5.41) is 0.977. The number of H-pyrrole nitrogens is 1. The summed E-state index contributed by atoms with van der Waals surface area (Å²) >= 11 is 0. The SMILES string of the molecule is CN(CCN1CCC(Cc2c[nH]c3ccc(F)cc23)CC1)S(=O)(=O)c1ccccc1. The molecule has 1 aliphatic heterocycles. The predicted octanol–water partition coefficient (Wildman–Crippen LogP) is 3.88. The van der Waals surface area contributed by atoms with Crippen LogP contribution in [0, 0.1) is 11.7 Å². The summed E-state index contributed by atoms with van der Waals surface area (Å²) < 4.78 is 40.3. The number of hydrogen-bond donors (Lipinski definition) is 1. The summed E-state index contributed by atoms with van der Waals surface area (Å²) in [4.78, 5) is 5.90. The Balaban J connectivity index is 1.28. The van der Waals surface area contributed by atoms with Gasteiger partial charge in [0.15, 0.2) is 0 Å². The number of likely N-dealkylation sites (N-methyl/N-ethyl adjacent to an activating group) is 1. The molecule has 4 rings (SSSR count). The van der Waals surface area contributed by atoms with E-state index in [9.17, 15) is 12.8 Å². The monoisotopic (exact) mass is 429 g/mol. The number of aromatic nitrogens is 1. The average Bonchev–Trinajstić information content (AvgIpc) is 3.15. The van der Waals surface area contributed by atoms with Gasteiger partial charge in [0, 0.05) is 37.2 Å². The quantitative estimate of drug-likeness (QED) is 0.620. The van der Waals surface area contributed by atoms with Gasteiger partial charge in [0.2, 0.25) is 10.0 Å². The molecule has 0 saturated carbocycles. The minimum absolute atomic E-state index is 0.201. The van der Waals surface area contributed by atoms with Crippen LogP contribution in [0.15, 0.2) is 59.6 Å². The highest BCUT2D eigenvalue weighted by Crippen LogP contribution is 2.27. The highest BCUT2D eigenvalue weighted by atomic mass is 32.2. The van der Waals surface area contributed by atoms with Crippen molar-refractivity contribution in [3.8, 4) is 0 Å². The first-order chi connectivity index (χ1) is 14.4. The highest BCUT2D eigenvalue weighted by molar-refractivity contribution is 7.89. The van der Waals surface area contributed by atoms with Gasteiger partial charge < -0.3 is 9.88 Å². The maximum atomic E-state index is 13.6. The van der Waals surface area contributed by atoms with Gasteiger partial charge in [0.25, 0.3) is 0 Å². The van der Waals surface area contributed by atoms with Crippen LogP contribution in [-0.4, -0.2) is 55.8 Å². The number of piperidine rings is 1. The van der Waals surface area contributed by atoms with Crippen LogP contribution in [0.25, 0.3) is 10.9 Å². The number of likely N-dealkylation sites (tertiary alicyclic amines) is 1. The molecule has 5 nitrogen and oxygen atoms in total. The first kappa shape index (κ1) is 21.0. The number of nitrogens with one attached hydrogen (secondary N) is 1. The van der Waals surface area contributed by atoms with Crippen molar-refractivity contribution in [2.24, 2.45) is 5.92 Å². The largest absolute Gasteiger partial charge is 0.361 e. The molecule has 0 aliphatic carbocycles. The van der Waals surface area contributed by atoms with E-state index < -0.39 is 10.0 Å². The first-order valence-corrected chi connectivity index (χ1v) is 11.9. The Morgan fingerprint density at radius 1 is 1.13 bits per heavy atom. The average molecular weight is 430 g/mol. The van der Waals surface area contributed by atoms with Crippen LogP contribution in [0.1, 0.15) is 18.4 Å². The van der Waals surface area contributed by atoms with Gasteiger partial charge in [-0.15, -0.1) is 0 Å². The summed E-state index contributed by atoms with van der Waals surface area (Å²) in [7, 11) is -1.79. The molecule has 2 heterocycles. The van der Waals surface area contributed by atoms with E-state index in [4.69, 9.17) is 0 Å². The minimum Gasteiger partial charge on any atom is -0.361 e. The summed E-state index contributed by atoms with van der Waals surface area (Å²) in [5.41, 5.74) is 2.16. The van der Waals surface area contributed by atoms with Crippen molar-refractivity contribution in [1.82, 2.24) is 14.2 Å². The van der Waals surface area contributed by atoms with Crippen molar-refractivity contribution in [2.75, 3.05) is 33.2 Å². The summed E-state index contributed by atoms with van der Waals surface area (Å²) in [5.74, 6) is 0.363. The van der Waals surface area contributed by atoms with E-state index in [0.717, 1.165) is 49.8 Å². The molecule has 30 heavy (non-hydrogen) atoms. The smallest absolute Gasteiger partial charge is 0.242 e. The van der Waals surface area contributed by atoms with Gasteiger partial charge in [-0.2, -0.15) is 4.31 Å². The molecule has 2 aromatic carbocycles. The lowest BCUT2D eigenvalue weighted by molar-refractivity contribution is 0.177. The highest BCUT2D eigenvalue weighted by Gasteiger charge is 2.24. The van der Waals surface area contributed by atoms with Crippen molar-refractivity contribution in [1.29, 1.82) is 0 Å². The standard InChI is InChI=1S/C23H28FN3O2S/c1-26(30(28,29)21-5-3-2-4-6-21)13-14-27-11-9-18(10-12-27)15-19-17-25-23-8-7-20(24)16-22(19)23/h2-8,16-18,25H,9-15H2,1H3. The van der Waals surface area contributed by atoms with Crippen LogP contribution in [0.5, 0.6) is 0 Å². The number of sulfonamides is 1. The molecule has 0 atom stereocenters. The van der Waals surface area contributed by atoms with Gasteiger partial charge in [-0.05, 0) is 74.2 Å². The summed E-state index contributed by atoms with van der Waals surface area (Å²) in [6.07, 6.45) is 5.08. The van der Waals surface area contributed by atoms with Gasteiger partial charge in [-0.1, -0.05) is 18.2 Å². The Morgan fingerprint density at radius 2 is 1.87 bits per heavy atom. The molecule has 0 spiro atoms. The zero-order valence-electron chi connectivity index (χ0n) is 17.2. The molecule has 1 fully saturated rings. The van der Waals surface area contributed by atoms with Gasteiger partial charge in [0.05, 0.1) is 4.90 Å². The fourth-order valence-corrected chi connectivity index (χ4v) is 5.40. The second kappa shape index (κ2) is 8.88. The lowest BCUT2D eigenvalue weighted by Gasteiger charge is -2.32. The second-order valence-electron chi connectivity index (χ2n) is 8.13. The van der Waals surface area contributed by atoms with E-state index in [2.05, 4.69) is 9.88 Å². The topological polar surface area (TPSA) is 56.4 Å². The molecule has 1 aromatic heterocycles. The number of halogens is 1. The first-order valence-electron chi connectivity index (χ1n) is 10.4.